The van der Waals surface area contributed by atoms with Crippen LogP contribution in [0.2, 0.25) is 10.3 Å². The maximum absolute atomic E-state index is 12.0. The summed E-state index contributed by atoms with van der Waals surface area (Å²) in [4.78, 5) is 11.4. The Bertz CT molecular complexity index is 675. The van der Waals surface area contributed by atoms with Crippen LogP contribution >= 0.6 is 23.2 Å². The summed E-state index contributed by atoms with van der Waals surface area (Å²) in [5.41, 5.74) is 0.663. The summed E-state index contributed by atoms with van der Waals surface area (Å²) < 4.78 is 26.2. The van der Waals surface area contributed by atoms with E-state index in [1.54, 1.807) is 24.4 Å². The lowest BCUT2D eigenvalue weighted by atomic mass is 10.3. The van der Waals surface area contributed by atoms with Gasteiger partial charge in [-0.15, -0.1) is 0 Å². The smallest absolute Gasteiger partial charge is 0.233 e. The number of aromatic nitrogens is 3. The number of hydrogen-bond acceptors (Lipinski definition) is 5. The van der Waals surface area contributed by atoms with Crippen LogP contribution in [0.3, 0.4) is 0 Å². The largest absolute Gasteiger partial charge is 0.278 e. The Kier molecular flexibility index (Phi) is 4.74. The summed E-state index contributed by atoms with van der Waals surface area (Å²) in [6, 6.07) is 5.30. The molecule has 0 saturated heterocycles. The zero-order valence-electron chi connectivity index (χ0n) is 10.1. The van der Waals surface area contributed by atoms with Crippen LogP contribution in [0.15, 0.2) is 30.7 Å². The zero-order chi connectivity index (χ0) is 14.6. The summed E-state index contributed by atoms with van der Waals surface area (Å²) in [6.45, 7) is 0. The first-order valence-electron chi connectivity index (χ1n) is 5.54. The molecule has 0 aliphatic heterocycles. The Labute approximate surface area is 126 Å². The van der Waals surface area contributed by atoms with Crippen LogP contribution in [0.5, 0.6) is 0 Å². The number of pyridine rings is 1. The van der Waals surface area contributed by atoms with Crippen molar-refractivity contribution in [3.05, 3.63) is 46.7 Å². The van der Waals surface area contributed by atoms with Gasteiger partial charge in [0.1, 0.15) is 12.0 Å². The van der Waals surface area contributed by atoms with Crippen molar-refractivity contribution in [2.24, 2.45) is 0 Å². The molecule has 9 heteroatoms. The van der Waals surface area contributed by atoms with Gasteiger partial charge < -0.3 is 0 Å². The second-order valence-corrected chi connectivity index (χ2v) is 6.38. The van der Waals surface area contributed by atoms with E-state index in [0.29, 0.717) is 5.69 Å². The van der Waals surface area contributed by atoms with Gasteiger partial charge in [0.15, 0.2) is 10.3 Å². The molecule has 0 aliphatic carbocycles. The van der Waals surface area contributed by atoms with Crippen LogP contribution < -0.4 is 4.72 Å². The van der Waals surface area contributed by atoms with E-state index in [4.69, 9.17) is 23.2 Å². The van der Waals surface area contributed by atoms with Crippen molar-refractivity contribution in [1.82, 2.24) is 15.0 Å². The molecule has 106 valence electrons. The molecule has 0 spiro atoms. The fourth-order valence-electron chi connectivity index (χ4n) is 1.42. The van der Waals surface area contributed by atoms with E-state index in [-0.39, 0.29) is 28.2 Å². The van der Waals surface area contributed by atoms with Crippen LogP contribution in [-0.4, -0.2) is 29.1 Å². The fourth-order valence-corrected chi connectivity index (χ4v) is 3.03. The van der Waals surface area contributed by atoms with E-state index in [0.717, 1.165) is 6.33 Å². The minimum Gasteiger partial charge on any atom is -0.278 e. The summed E-state index contributed by atoms with van der Waals surface area (Å²) in [5.74, 6) is -0.147. The highest BCUT2D eigenvalue weighted by Crippen LogP contribution is 2.26. The Morgan fingerprint density at radius 3 is 2.40 bits per heavy atom. The van der Waals surface area contributed by atoms with Crippen molar-refractivity contribution >= 4 is 38.9 Å². The lowest BCUT2D eigenvalue weighted by molar-refractivity contribution is 0.600. The third-order valence-corrected chi connectivity index (χ3v) is 4.20. The molecule has 6 nitrogen and oxygen atoms in total. The van der Waals surface area contributed by atoms with E-state index in [1.807, 2.05) is 0 Å². The SMILES string of the molecule is O=S(=O)(CCc1ccccn1)Nc1c(Cl)ncnc1Cl. The average Bonchev–Trinajstić information content (AvgIpc) is 2.42. The molecule has 0 aliphatic rings. The summed E-state index contributed by atoms with van der Waals surface area (Å²) in [7, 11) is -3.62. The molecule has 2 heterocycles. The van der Waals surface area contributed by atoms with Crippen molar-refractivity contribution in [2.75, 3.05) is 10.5 Å². The number of nitrogens with zero attached hydrogens (tertiary/aromatic N) is 3. The van der Waals surface area contributed by atoms with Gasteiger partial charge >= 0.3 is 0 Å². The predicted octanol–water partition coefficient (Wildman–Crippen LogP) is 2.16. The van der Waals surface area contributed by atoms with E-state index in [2.05, 4.69) is 19.7 Å². The molecule has 20 heavy (non-hydrogen) atoms. The monoisotopic (exact) mass is 332 g/mol. The first-order valence-corrected chi connectivity index (χ1v) is 7.95. The molecule has 0 radical (unpaired) electrons. The maximum atomic E-state index is 12.0. The van der Waals surface area contributed by atoms with E-state index >= 15 is 0 Å². The lowest BCUT2D eigenvalue weighted by Gasteiger charge is -2.09. The Hall–Kier alpha value is -1.44. The molecule has 2 rings (SSSR count). The number of hydrogen-bond donors (Lipinski definition) is 1. The van der Waals surface area contributed by atoms with Crippen molar-refractivity contribution in [3.8, 4) is 0 Å². The van der Waals surface area contributed by atoms with Gasteiger partial charge in [-0.2, -0.15) is 0 Å². The summed E-state index contributed by atoms with van der Waals surface area (Å²) in [5, 5.41) is -0.0992. The highest BCUT2D eigenvalue weighted by molar-refractivity contribution is 7.92. The van der Waals surface area contributed by atoms with Gasteiger partial charge in [0.05, 0.1) is 5.75 Å². The average molecular weight is 333 g/mol. The first-order chi connectivity index (χ1) is 9.48. The molecule has 0 fully saturated rings. The van der Waals surface area contributed by atoms with Crippen LogP contribution in [0.25, 0.3) is 0 Å². The van der Waals surface area contributed by atoms with Gasteiger partial charge in [0.25, 0.3) is 0 Å². The predicted molar refractivity (Wildman–Crippen MR) is 77.4 cm³/mol. The van der Waals surface area contributed by atoms with Gasteiger partial charge in [-0.05, 0) is 12.1 Å². The fraction of sp³-hybridized carbons (Fsp3) is 0.182. The molecule has 2 aromatic heterocycles. The molecule has 2 aromatic rings. The molecule has 0 atom stereocenters. The van der Waals surface area contributed by atoms with Crippen LogP contribution in [0.4, 0.5) is 5.69 Å². The highest BCUT2D eigenvalue weighted by atomic mass is 35.5. The van der Waals surface area contributed by atoms with Gasteiger partial charge in [-0.25, -0.2) is 18.4 Å². The molecule has 0 unspecified atom stereocenters. The first kappa shape index (κ1) is 15.0. The molecule has 0 amide bonds. The number of rotatable bonds is 5. The lowest BCUT2D eigenvalue weighted by Crippen LogP contribution is -2.19. The summed E-state index contributed by atoms with van der Waals surface area (Å²) in [6.07, 6.45) is 3.03. The molecule has 1 N–H and O–H groups in total. The minimum atomic E-state index is -3.62. The van der Waals surface area contributed by atoms with Crippen molar-refractivity contribution < 1.29 is 8.42 Å². The second kappa shape index (κ2) is 6.34. The third-order valence-electron chi connectivity index (χ3n) is 2.37. The van der Waals surface area contributed by atoms with Gasteiger partial charge in [0.2, 0.25) is 10.0 Å². The molecule has 0 aromatic carbocycles. The molecular weight excluding hydrogens is 323 g/mol. The maximum Gasteiger partial charge on any atom is 0.233 e. The van der Waals surface area contributed by atoms with Crippen LogP contribution in [-0.2, 0) is 16.4 Å². The number of sulfonamides is 1. The normalized spacial score (nSPS) is 11.3. The highest BCUT2D eigenvalue weighted by Gasteiger charge is 2.16. The van der Waals surface area contributed by atoms with E-state index in [1.165, 1.54) is 0 Å². The number of halogens is 2. The third kappa shape index (κ3) is 4.03. The van der Waals surface area contributed by atoms with Crippen molar-refractivity contribution in [3.63, 3.8) is 0 Å². The van der Waals surface area contributed by atoms with E-state index in [9.17, 15) is 8.42 Å². The van der Waals surface area contributed by atoms with Crippen LogP contribution in [0, 0.1) is 0 Å². The topological polar surface area (TPSA) is 84.8 Å². The molecule has 0 bridgehead atoms. The van der Waals surface area contributed by atoms with E-state index < -0.39 is 10.0 Å². The summed E-state index contributed by atoms with van der Waals surface area (Å²) >= 11 is 11.6. The minimum absolute atomic E-state index is 0.0168. The number of anilines is 1. The zero-order valence-corrected chi connectivity index (χ0v) is 12.5. The second-order valence-electron chi connectivity index (χ2n) is 3.82. The van der Waals surface area contributed by atoms with Crippen LogP contribution in [0.1, 0.15) is 5.69 Å². The molecular formula is C11H10Cl2N4O2S. The standard InChI is InChI=1S/C11H10Cl2N4O2S/c12-10-9(11(13)16-7-15-10)17-20(18,19)6-4-8-3-1-2-5-14-8/h1-3,5,7,17H,4,6H2. The molecule has 0 saturated carbocycles. The Morgan fingerprint density at radius 1 is 1.10 bits per heavy atom. The van der Waals surface area contributed by atoms with Crippen molar-refractivity contribution in [1.29, 1.82) is 0 Å². The number of nitrogens with one attached hydrogen (secondary N) is 1. The van der Waals surface area contributed by atoms with Crippen molar-refractivity contribution in [2.45, 2.75) is 6.42 Å². The van der Waals surface area contributed by atoms with Gasteiger partial charge in [0, 0.05) is 18.3 Å². The Balaban J connectivity index is 2.08. The van der Waals surface area contributed by atoms with Gasteiger partial charge in [-0.1, -0.05) is 29.3 Å². The van der Waals surface area contributed by atoms with Gasteiger partial charge in [-0.3, -0.25) is 9.71 Å². The quantitative estimate of drug-likeness (QED) is 0.848. The number of aryl methyl sites for hydroxylation is 1. The Morgan fingerprint density at radius 2 is 1.80 bits per heavy atom.